The summed E-state index contributed by atoms with van der Waals surface area (Å²) in [6.45, 7) is 7.64. The van der Waals surface area contributed by atoms with Crippen LogP contribution in [0.5, 0.6) is 17.2 Å². The Balaban J connectivity index is 1.74. The van der Waals surface area contributed by atoms with Gasteiger partial charge < -0.3 is 29.0 Å². The zero-order chi connectivity index (χ0) is 26.4. The highest BCUT2D eigenvalue weighted by atomic mass is 16.5. The number of carbonyl (C=O) groups excluding carboxylic acids is 2. The number of rotatable bonds is 10. The second kappa shape index (κ2) is 11.9. The van der Waals surface area contributed by atoms with Crippen molar-refractivity contribution in [2.75, 3.05) is 60.2 Å². The van der Waals surface area contributed by atoms with Gasteiger partial charge in [-0.15, -0.1) is 0 Å². The highest BCUT2D eigenvalue weighted by molar-refractivity contribution is 6.46. The third-order valence-corrected chi connectivity index (χ3v) is 6.52. The molecular formula is C28H32N2O7. The van der Waals surface area contributed by atoms with E-state index in [9.17, 15) is 14.7 Å². The number of likely N-dealkylation sites (tertiary alicyclic amines) is 1. The van der Waals surface area contributed by atoms with Crippen LogP contribution in [-0.4, -0.2) is 86.8 Å². The molecule has 1 amide bonds. The molecule has 0 spiro atoms. The van der Waals surface area contributed by atoms with Crippen molar-refractivity contribution in [3.05, 3.63) is 71.8 Å². The van der Waals surface area contributed by atoms with Crippen LogP contribution in [0.25, 0.3) is 5.76 Å². The third kappa shape index (κ3) is 5.63. The first-order chi connectivity index (χ1) is 18.0. The first-order valence-corrected chi connectivity index (χ1v) is 12.1. The fraction of sp³-hybridized carbons (Fsp3) is 0.357. The van der Waals surface area contributed by atoms with Crippen LogP contribution >= 0.6 is 0 Å². The lowest BCUT2D eigenvalue weighted by molar-refractivity contribution is -0.140. The molecule has 9 heteroatoms. The van der Waals surface area contributed by atoms with E-state index in [2.05, 4.69) is 11.5 Å². The summed E-state index contributed by atoms with van der Waals surface area (Å²) in [6, 6.07) is 11.1. The van der Waals surface area contributed by atoms with Gasteiger partial charge in [-0.1, -0.05) is 18.7 Å². The number of nitrogens with zero attached hydrogens (tertiary/aromatic N) is 2. The molecule has 1 atom stereocenters. The van der Waals surface area contributed by atoms with Gasteiger partial charge in [0, 0.05) is 31.7 Å². The van der Waals surface area contributed by atoms with E-state index in [1.165, 1.54) is 19.1 Å². The first-order valence-electron chi connectivity index (χ1n) is 12.1. The lowest BCUT2D eigenvalue weighted by atomic mass is 9.95. The summed E-state index contributed by atoms with van der Waals surface area (Å²) in [7, 11) is 3.06. The number of carbonyl (C=O) groups is 2. The molecule has 9 nitrogen and oxygen atoms in total. The Kier molecular flexibility index (Phi) is 8.47. The molecule has 0 aliphatic carbocycles. The van der Waals surface area contributed by atoms with Gasteiger partial charge in [0.15, 0.2) is 11.5 Å². The second-order valence-corrected chi connectivity index (χ2v) is 8.68. The second-order valence-electron chi connectivity index (χ2n) is 8.68. The summed E-state index contributed by atoms with van der Waals surface area (Å²) in [5.74, 6) is -0.0537. The molecule has 4 rings (SSSR count). The molecule has 37 heavy (non-hydrogen) atoms. The Morgan fingerprint density at radius 1 is 1.05 bits per heavy atom. The highest BCUT2D eigenvalue weighted by Gasteiger charge is 2.46. The molecule has 0 radical (unpaired) electrons. The number of ether oxygens (including phenoxy) is 4. The number of Topliss-reactive ketones (excluding diaryl/α,β-unsaturated/α-hetero) is 1. The fourth-order valence-electron chi connectivity index (χ4n) is 4.57. The summed E-state index contributed by atoms with van der Waals surface area (Å²) in [4.78, 5) is 30.3. The van der Waals surface area contributed by atoms with E-state index in [1.54, 1.807) is 48.5 Å². The molecule has 0 saturated carbocycles. The Labute approximate surface area is 216 Å². The molecular weight excluding hydrogens is 476 g/mol. The normalized spacial score (nSPS) is 19.6. The van der Waals surface area contributed by atoms with Crippen molar-refractivity contribution in [3.8, 4) is 17.2 Å². The number of aliphatic hydroxyl groups excluding tert-OH is 1. The van der Waals surface area contributed by atoms with Gasteiger partial charge in [-0.3, -0.25) is 14.5 Å². The average molecular weight is 509 g/mol. The van der Waals surface area contributed by atoms with Gasteiger partial charge in [0.2, 0.25) is 0 Å². The topological polar surface area (TPSA) is 97.8 Å². The highest BCUT2D eigenvalue weighted by Crippen LogP contribution is 2.42. The lowest BCUT2D eigenvalue weighted by Crippen LogP contribution is -2.42. The van der Waals surface area contributed by atoms with Crippen LogP contribution in [0, 0.1) is 0 Å². The average Bonchev–Trinajstić information content (AvgIpc) is 3.20. The van der Waals surface area contributed by atoms with E-state index in [1.807, 2.05) is 0 Å². The molecule has 1 N–H and O–H groups in total. The molecule has 1 unspecified atom stereocenters. The SMILES string of the molecule is C=CCOc1ccc(C(O)=C2C(=O)C(=O)N(CCN3CCOCC3)C2c2ccc(OC)c(OC)c2)cc1. The molecule has 2 aromatic rings. The molecule has 2 aromatic carbocycles. The number of hydrogen-bond donors (Lipinski definition) is 1. The van der Waals surface area contributed by atoms with Crippen molar-refractivity contribution in [3.63, 3.8) is 0 Å². The summed E-state index contributed by atoms with van der Waals surface area (Å²) in [5.41, 5.74) is 1.06. The van der Waals surface area contributed by atoms with E-state index < -0.39 is 17.7 Å². The summed E-state index contributed by atoms with van der Waals surface area (Å²) in [5, 5.41) is 11.3. The van der Waals surface area contributed by atoms with Crippen molar-refractivity contribution in [1.29, 1.82) is 0 Å². The van der Waals surface area contributed by atoms with Gasteiger partial charge in [0.05, 0.1) is 39.0 Å². The van der Waals surface area contributed by atoms with Crippen molar-refractivity contribution in [2.45, 2.75) is 6.04 Å². The number of amides is 1. The number of hydrogen-bond acceptors (Lipinski definition) is 8. The number of methoxy groups -OCH3 is 2. The molecule has 2 fully saturated rings. The van der Waals surface area contributed by atoms with E-state index in [0.717, 1.165) is 13.1 Å². The Morgan fingerprint density at radius 2 is 1.76 bits per heavy atom. The van der Waals surface area contributed by atoms with Crippen LogP contribution in [0.3, 0.4) is 0 Å². The number of benzene rings is 2. The molecule has 196 valence electrons. The van der Waals surface area contributed by atoms with Crippen molar-refractivity contribution in [2.24, 2.45) is 0 Å². The van der Waals surface area contributed by atoms with E-state index >= 15 is 0 Å². The van der Waals surface area contributed by atoms with Crippen molar-refractivity contribution in [1.82, 2.24) is 9.80 Å². The van der Waals surface area contributed by atoms with Crippen LogP contribution in [0.4, 0.5) is 0 Å². The monoisotopic (exact) mass is 508 g/mol. The quantitative estimate of drug-likeness (QED) is 0.226. The predicted octanol–water partition coefficient (Wildman–Crippen LogP) is 3.02. The minimum absolute atomic E-state index is 0.0268. The molecule has 2 aliphatic heterocycles. The standard InChI is InChI=1S/C28H32N2O7/c1-4-15-37-21-8-5-19(6-9-21)26(31)24-25(20-7-10-22(34-2)23(18-20)35-3)30(28(33)27(24)32)12-11-29-13-16-36-17-14-29/h4-10,18,25,31H,1,11-17H2,2-3H3. The maximum Gasteiger partial charge on any atom is 0.295 e. The molecule has 2 saturated heterocycles. The van der Waals surface area contributed by atoms with Crippen LogP contribution < -0.4 is 14.2 Å². The van der Waals surface area contributed by atoms with Gasteiger partial charge in [0.1, 0.15) is 18.1 Å². The van der Waals surface area contributed by atoms with Crippen LogP contribution in [-0.2, 0) is 14.3 Å². The lowest BCUT2D eigenvalue weighted by Gasteiger charge is -2.31. The number of morpholine rings is 1. The van der Waals surface area contributed by atoms with Gasteiger partial charge >= 0.3 is 0 Å². The molecule has 2 aliphatic rings. The minimum atomic E-state index is -0.794. The minimum Gasteiger partial charge on any atom is -0.507 e. The predicted molar refractivity (Wildman–Crippen MR) is 138 cm³/mol. The van der Waals surface area contributed by atoms with Crippen molar-refractivity contribution >= 4 is 17.4 Å². The van der Waals surface area contributed by atoms with Gasteiger partial charge in [-0.2, -0.15) is 0 Å². The molecule has 2 heterocycles. The number of ketones is 1. The van der Waals surface area contributed by atoms with E-state index in [0.29, 0.717) is 61.3 Å². The Hall–Kier alpha value is -3.82. The van der Waals surface area contributed by atoms with Crippen molar-refractivity contribution < 1.29 is 33.6 Å². The summed E-state index contributed by atoms with van der Waals surface area (Å²) in [6.07, 6.45) is 1.63. The zero-order valence-corrected chi connectivity index (χ0v) is 21.1. The third-order valence-electron chi connectivity index (χ3n) is 6.52. The Bertz CT molecular complexity index is 1170. The summed E-state index contributed by atoms with van der Waals surface area (Å²) < 4.78 is 21.8. The van der Waals surface area contributed by atoms with E-state index in [-0.39, 0.29) is 11.3 Å². The summed E-state index contributed by atoms with van der Waals surface area (Å²) >= 11 is 0. The van der Waals surface area contributed by atoms with Gasteiger partial charge in [0.25, 0.3) is 11.7 Å². The zero-order valence-electron chi connectivity index (χ0n) is 21.1. The maximum atomic E-state index is 13.3. The maximum absolute atomic E-state index is 13.3. The largest absolute Gasteiger partial charge is 0.507 e. The van der Waals surface area contributed by atoms with Gasteiger partial charge in [-0.05, 0) is 42.0 Å². The van der Waals surface area contributed by atoms with Crippen LogP contribution in [0.15, 0.2) is 60.7 Å². The van der Waals surface area contributed by atoms with E-state index in [4.69, 9.17) is 18.9 Å². The van der Waals surface area contributed by atoms with Crippen LogP contribution in [0.2, 0.25) is 0 Å². The smallest absolute Gasteiger partial charge is 0.295 e. The molecule has 0 aromatic heterocycles. The first kappa shape index (κ1) is 26.2. The molecule has 0 bridgehead atoms. The fourth-order valence-corrected chi connectivity index (χ4v) is 4.57. The van der Waals surface area contributed by atoms with Crippen LogP contribution in [0.1, 0.15) is 17.2 Å². The number of aliphatic hydroxyl groups is 1. The van der Waals surface area contributed by atoms with Gasteiger partial charge in [-0.25, -0.2) is 0 Å². The Morgan fingerprint density at radius 3 is 2.41 bits per heavy atom.